The van der Waals surface area contributed by atoms with Crippen molar-refractivity contribution in [3.8, 4) is 0 Å². The number of aromatic nitrogens is 1. The molecule has 2 heterocycles. The van der Waals surface area contributed by atoms with Crippen LogP contribution in [0, 0.1) is 5.92 Å². The van der Waals surface area contributed by atoms with E-state index < -0.39 is 0 Å². The van der Waals surface area contributed by atoms with Gasteiger partial charge in [-0.05, 0) is 12.1 Å². The molecule has 5 nitrogen and oxygen atoms in total. The van der Waals surface area contributed by atoms with Crippen molar-refractivity contribution in [2.24, 2.45) is 5.92 Å². The third kappa shape index (κ3) is 2.14. The Morgan fingerprint density at radius 1 is 1.56 bits per heavy atom. The maximum absolute atomic E-state index is 11.8. The summed E-state index contributed by atoms with van der Waals surface area (Å²) in [5.74, 6) is 0.938. The van der Waals surface area contributed by atoms with E-state index in [4.69, 9.17) is 0 Å². The average Bonchev–Trinajstić information content (AvgIpc) is 2.15. The smallest absolute Gasteiger partial charge is 0.230 e. The highest BCUT2D eigenvalue weighted by molar-refractivity contribution is 5.95. The third-order valence-electron chi connectivity index (χ3n) is 2.62. The Morgan fingerprint density at radius 3 is 2.88 bits per heavy atom. The van der Waals surface area contributed by atoms with Crippen LogP contribution in [0.4, 0.5) is 11.5 Å². The number of rotatable bonds is 3. The van der Waals surface area contributed by atoms with Crippen LogP contribution in [0.5, 0.6) is 0 Å². The number of nitrogens with zero attached hydrogens (tertiary/aromatic N) is 2. The van der Waals surface area contributed by atoms with Crippen molar-refractivity contribution in [1.82, 2.24) is 10.3 Å². The summed E-state index contributed by atoms with van der Waals surface area (Å²) in [6.07, 6.45) is 1.72. The number of amides is 1. The Balaban J connectivity index is 2.10. The molecule has 0 bridgehead atoms. The summed E-state index contributed by atoms with van der Waals surface area (Å²) in [4.78, 5) is 17.9. The van der Waals surface area contributed by atoms with Crippen LogP contribution in [0.3, 0.4) is 0 Å². The van der Waals surface area contributed by atoms with Gasteiger partial charge in [0.05, 0.1) is 11.6 Å². The van der Waals surface area contributed by atoms with Crippen molar-refractivity contribution in [3.05, 3.63) is 18.3 Å². The molecule has 2 rings (SSSR count). The van der Waals surface area contributed by atoms with Gasteiger partial charge in [-0.25, -0.2) is 4.98 Å². The van der Waals surface area contributed by atoms with Gasteiger partial charge >= 0.3 is 0 Å². The molecule has 1 aliphatic rings. The molecule has 1 aromatic rings. The lowest BCUT2D eigenvalue weighted by atomic mass is 10.0. The van der Waals surface area contributed by atoms with Crippen LogP contribution in [-0.2, 0) is 4.79 Å². The van der Waals surface area contributed by atoms with Crippen LogP contribution < -0.4 is 15.5 Å². The molecule has 2 N–H and O–H groups in total. The molecular weight excluding hydrogens is 204 g/mol. The van der Waals surface area contributed by atoms with Crippen LogP contribution >= 0.6 is 0 Å². The maximum atomic E-state index is 11.8. The number of carbonyl (C=O) groups is 1. The first-order chi connectivity index (χ1) is 7.68. The summed E-state index contributed by atoms with van der Waals surface area (Å²) in [7, 11) is 3.81. The molecule has 0 spiro atoms. The average molecular weight is 220 g/mol. The quantitative estimate of drug-likeness (QED) is 0.769. The van der Waals surface area contributed by atoms with Gasteiger partial charge in [0, 0.05) is 33.4 Å². The SMILES string of the molecule is CN(C)c1ncccc1NC(=O)C1CNC1. The van der Waals surface area contributed by atoms with E-state index >= 15 is 0 Å². The molecule has 1 amide bonds. The molecule has 0 aliphatic carbocycles. The van der Waals surface area contributed by atoms with Gasteiger partial charge in [0.15, 0.2) is 5.82 Å². The predicted molar refractivity (Wildman–Crippen MR) is 63.6 cm³/mol. The topological polar surface area (TPSA) is 57.3 Å². The van der Waals surface area contributed by atoms with Crippen molar-refractivity contribution >= 4 is 17.4 Å². The highest BCUT2D eigenvalue weighted by Gasteiger charge is 2.25. The number of pyridine rings is 1. The molecule has 1 aromatic heterocycles. The Hall–Kier alpha value is -1.62. The molecule has 0 unspecified atom stereocenters. The Morgan fingerprint density at radius 2 is 2.31 bits per heavy atom. The molecule has 0 saturated carbocycles. The Labute approximate surface area is 94.9 Å². The van der Waals surface area contributed by atoms with Crippen LogP contribution in [-0.4, -0.2) is 38.1 Å². The summed E-state index contributed by atoms with van der Waals surface area (Å²) in [5, 5.41) is 5.99. The largest absolute Gasteiger partial charge is 0.361 e. The van der Waals surface area contributed by atoms with Gasteiger partial charge < -0.3 is 15.5 Å². The van der Waals surface area contributed by atoms with Crippen LogP contribution in [0.1, 0.15) is 0 Å². The Bertz CT molecular complexity index is 387. The van der Waals surface area contributed by atoms with Gasteiger partial charge in [0.25, 0.3) is 0 Å². The molecule has 86 valence electrons. The summed E-state index contributed by atoms with van der Waals surface area (Å²) < 4.78 is 0. The zero-order chi connectivity index (χ0) is 11.5. The zero-order valence-electron chi connectivity index (χ0n) is 9.53. The first-order valence-electron chi connectivity index (χ1n) is 5.32. The lowest BCUT2D eigenvalue weighted by Gasteiger charge is -2.26. The number of anilines is 2. The van der Waals surface area contributed by atoms with E-state index in [9.17, 15) is 4.79 Å². The first-order valence-corrected chi connectivity index (χ1v) is 5.32. The van der Waals surface area contributed by atoms with E-state index in [1.54, 1.807) is 6.20 Å². The fraction of sp³-hybridized carbons (Fsp3) is 0.455. The summed E-state index contributed by atoms with van der Waals surface area (Å²) in [6.45, 7) is 1.53. The normalized spacial score (nSPS) is 15.4. The number of hydrogen-bond acceptors (Lipinski definition) is 4. The van der Waals surface area contributed by atoms with Gasteiger partial charge in [-0.1, -0.05) is 0 Å². The van der Waals surface area contributed by atoms with Crippen molar-refractivity contribution in [2.75, 3.05) is 37.4 Å². The molecule has 1 aliphatic heterocycles. The lowest BCUT2D eigenvalue weighted by molar-refractivity contribution is -0.121. The number of hydrogen-bond donors (Lipinski definition) is 2. The van der Waals surface area contributed by atoms with Gasteiger partial charge in [0.1, 0.15) is 0 Å². The molecule has 0 aromatic carbocycles. The first kappa shape index (κ1) is 10.9. The summed E-state index contributed by atoms with van der Waals surface area (Å²) in [5.41, 5.74) is 0.768. The van der Waals surface area contributed by atoms with Gasteiger partial charge in [-0.3, -0.25) is 4.79 Å². The maximum Gasteiger partial charge on any atom is 0.230 e. The third-order valence-corrected chi connectivity index (χ3v) is 2.62. The molecule has 16 heavy (non-hydrogen) atoms. The van der Waals surface area contributed by atoms with Gasteiger partial charge in [0.2, 0.25) is 5.91 Å². The minimum absolute atomic E-state index is 0.0647. The molecule has 1 fully saturated rings. The molecule has 0 radical (unpaired) electrons. The molecule has 1 saturated heterocycles. The second-order valence-corrected chi connectivity index (χ2v) is 4.11. The Kier molecular flexibility index (Phi) is 3.05. The van der Waals surface area contributed by atoms with Crippen molar-refractivity contribution in [2.45, 2.75) is 0 Å². The monoisotopic (exact) mass is 220 g/mol. The van der Waals surface area contributed by atoms with E-state index in [0.717, 1.165) is 24.6 Å². The summed E-state index contributed by atoms with van der Waals surface area (Å²) >= 11 is 0. The molecule has 5 heteroatoms. The highest BCUT2D eigenvalue weighted by Crippen LogP contribution is 2.21. The fourth-order valence-corrected chi connectivity index (χ4v) is 1.56. The van der Waals surface area contributed by atoms with E-state index in [-0.39, 0.29) is 11.8 Å². The van der Waals surface area contributed by atoms with E-state index in [1.807, 2.05) is 31.1 Å². The van der Waals surface area contributed by atoms with Gasteiger partial charge in [-0.2, -0.15) is 0 Å². The van der Waals surface area contributed by atoms with Crippen LogP contribution in [0.15, 0.2) is 18.3 Å². The van der Waals surface area contributed by atoms with Crippen LogP contribution in [0.25, 0.3) is 0 Å². The van der Waals surface area contributed by atoms with E-state index in [0.29, 0.717) is 0 Å². The zero-order valence-corrected chi connectivity index (χ0v) is 9.53. The number of nitrogens with one attached hydrogen (secondary N) is 2. The number of carbonyl (C=O) groups excluding carboxylic acids is 1. The second-order valence-electron chi connectivity index (χ2n) is 4.11. The molecule has 0 atom stereocenters. The van der Waals surface area contributed by atoms with Crippen LogP contribution in [0.2, 0.25) is 0 Å². The lowest BCUT2D eigenvalue weighted by Crippen LogP contribution is -2.48. The van der Waals surface area contributed by atoms with E-state index in [1.165, 1.54) is 0 Å². The second kappa shape index (κ2) is 4.49. The minimum atomic E-state index is 0.0647. The standard InChI is InChI=1S/C11H16N4O/c1-15(2)10-9(4-3-5-13-10)14-11(16)8-6-12-7-8/h3-5,8,12H,6-7H2,1-2H3,(H,14,16). The van der Waals surface area contributed by atoms with Crippen molar-refractivity contribution < 1.29 is 4.79 Å². The van der Waals surface area contributed by atoms with Gasteiger partial charge in [-0.15, -0.1) is 0 Å². The minimum Gasteiger partial charge on any atom is -0.361 e. The predicted octanol–water partition coefficient (Wildman–Crippen LogP) is 0.305. The van der Waals surface area contributed by atoms with Crippen molar-refractivity contribution in [3.63, 3.8) is 0 Å². The fourth-order valence-electron chi connectivity index (χ4n) is 1.56. The molecular formula is C11H16N4O. The van der Waals surface area contributed by atoms with E-state index in [2.05, 4.69) is 15.6 Å². The summed E-state index contributed by atoms with van der Waals surface area (Å²) in [6, 6.07) is 3.69. The highest BCUT2D eigenvalue weighted by atomic mass is 16.2. The van der Waals surface area contributed by atoms with Crippen molar-refractivity contribution in [1.29, 1.82) is 0 Å².